The molecule has 1 rings (SSSR count). The van der Waals surface area contributed by atoms with Crippen LogP contribution in [0, 0.1) is 5.92 Å². The molecule has 1 heterocycles. The number of nitrogens with zero attached hydrogens (tertiary/aromatic N) is 2. The Morgan fingerprint density at radius 1 is 1.17 bits per heavy atom. The zero-order valence-corrected chi connectivity index (χ0v) is 15.3. The zero-order valence-electron chi connectivity index (χ0n) is 15.3. The fourth-order valence-electron chi connectivity index (χ4n) is 3.04. The third kappa shape index (κ3) is 7.83. The Morgan fingerprint density at radius 3 is 2.38 bits per heavy atom. The Labute approximate surface area is 143 Å². The molecule has 0 saturated carbocycles. The van der Waals surface area contributed by atoms with Gasteiger partial charge in [-0.3, -0.25) is 14.6 Å². The van der Waals surface area contributed by atoms with Crippen LogP contribution in [0.1, 0.15) is 47.0 Å². The Hall–Kier alpha value is -0.820. The third-order valence-corrected chi connectivity index (χ3v) is 4.25. The van der Waals surface area contributed by atoms with Crippen LogP contribution in [0.25, 0.3) is 0 Å². The zero-order chi connectivity index (χ0) is 18.3. The molecule has 1 aliphatic rings. The van der Waals surface area contributed by atoms with Crippen LogP contribution >= 0.6 is 0 Å². The number of carbonyl (C=O) groups is 1. The third-order valence-electron chi connectivity index (χ3n) is 4.25. The standard InChI is InChI=1S/C17H32F3N3O/c1-13(2)7-5-6-8-23-10-9-22(11-15(23)17(18,19)20)12-16(24)21-14(3)4/h13-15H,5-12H2,1-4H3,(H,21,24). The molecule has 1 fully saturated rings. The molecule has 0 bridgehead atoms. The van der Waals surface area contributed by atoms with Gasteiger partial charge in [-0.1, -0.05) is 26.7 Å². The highest BCUT2D eigenvalue weighted by atomic mass is 19.4. The fraction of sp³-hybridized carbons (Fsp3) is 0.941. The summed E-state index contributed by atoms with van der Waals surface area (Å²) >= 11 is 0. The number of alkyl halides is 3. The highest BCUT2D eigenvalue weighted by molar-refractivity contribution is 5.78. The van der Waals surface area contributed by atoms with Crippen molar-refractivity contribution >= 4 is 5.91 Å². The van der Waals surface area contributed by atoms with Crippen LogP contribution < -0.4 is 5.32 Å². The molecule has 0 aromatic rings. The minimum Gasteiger partial charge on any atom is -0.353 e. The topological polar surface area (TPSA) is 35.6 Å². The van der Waals surface area contributed by atoms with E-state index in [1.807, 2.05) is 13.8 Å². The van der Waals surface area contributed by atoms with Gasteiger partial charge in [0.1, 0.15) is 6.04 Å². The summed E-state index contributed by atoms with van der Waals surface area (Å²) in [6.07, 6.45) is -1.46. The Kier molecular flexibility index (Phi) is 8.50. The normalized spacial score (nSPS) is 20.8. The van der Waals surface area contributed by atoms with Crippen molar-refractivity contribution < 1.29 is 18.0 Å². The quantitative estimate of drug-likeness (QED) is 0.683. The van der Waals surface area contributed by atoms with E-state index in [4.69, 9.17) is 0 Å². The minimum absolute atomic E-state index is 0.00170. The SMILES string of the molecule is CC(C)CCCCN1CCN(CC(=O)NC(C)C)CC1C(F)(F)F. The lowest BCUT2D eigenvalue weighted by Gasteiger charge is -2.42. The molecule has 0 radical (unpaired) electrons. The molecule has 1 saturated heterocycles. The van der Waals surface area contributed by atoms with Gasteiger partial charge in [-0.05, 0) is 32.7 Å². The number of rotatable bonds is 8. The molecule has 1 amide bonds. The van der Waals surface area contributed by atoms with Crippen molar-refractivity contribution in [3.05, 3.63) is 0 Å². The maximum absolute atomic E-state index is 13.4. The number of unbranched alkanes of at least 4 members (excludes halogenated alkanes) is 1. The summed E-state index contributed by atoms with van der Waals surface area (Å²) in [6.45, 7) is 9.17. The van der Waals surface area contributed by atoms with Gasteiger partial charge >= 0.3 is 6.18 Å². The van der Waals surface area contributed by atoms with Gasteiger partial charge in [0, 0.05) is 25.7 Å². The lowest BCUT2D eigenvalue weighted by molar-refractivity contribution is -0.197. The average molecular weight is 351 g/mol. The molecule has 4 nitrogen and oxygen atoms in total. The molecular weight excluding hydrogens is 319 g/mol. The summed E-state index contributed by atoms with van der Waals surface area (Å²) in [6, 6.07) is -1.48. The largest absolute Gasteiger partial charge is 0.405 e. The number of carbonyl (C=O) groups excluding carboxylic acids is 1. The summed E-state index contributed by atoms with van der Waals surface area (Å²) in [5.41, 5.74) is 0. The number of hydrogen-bond acceptors (Lipinski definition) is 3. The molecule has 0 aromatic heterocycles. The number of hydrogen-bond donors (Lipinski definition) is 1. The number of amides is 1. The van der Waals surface area contributed by atoms with Gasteiger partial charge in [0.25, 0.3) is 0 Å². The summed E-state index contributed by atoms with van der Waals surface area (Å²) < 4.78 is 40.1. The van der Waals surface area contributed by atoms with Gasteiger partial charge in [0.05, 0.1) is 6.54 Å². The molecule has 0 spiro atoms. The van der Waals surface area contributed by atoms with E-state index in [0.29, 0.717) is 25.6 Å². The van der Waals surface area contributed by atoms with Crippen molar-refractivity contribution in [1.29, 1.82) is 0 Å². The molecule has 1 aliphatic heterocycles. The Bertz CT molecular complexity index is 386. The maximum atomic E-state index is 13.4. The monoisotopic (exact) mass is 351 g/mol. The van der Waals surface area contributed by atoms with Crippen LogP contribution in [0.2, 0.25) is 0 Å². The second-order valence-corrected chi connectivity index (χ2v) is 7.44. The van der Waals surface area contributed by atoms with Crippen molar-refractivity contribution in [3.63, 3.8) is 0 Å². The minimum atomic E-state index is -4.26. The Morgan fingerprint density at radius 2 is 1.83 bits per heavy atom. The van der Waals surface area contributed by atoms with Gasteiger partial charge in [-0.15, -0.1) is 0 Å². The van der Waals surface area contributed by atoms with E-state index in [9.17, 15) is 18.0 Å². The summed E-state index contributed by atoms with van der Waals surface area (Å²) in [5.74, 6) is 0.371. The van der Waals surface area contributed by atoms with Gasteiger partial charge < -0.3 is 5.32 Å². The smallest absolute Gasteiger partial charge is 0.353 e. The van der Waals surface area contributed by atoms with Gasteiger partial charge in [-0.2, -0.15) is 13.2 Å². The van der Waals surface area contributed by atoms with Crippen molar-refractivity contribution in [3.8, 4) is 0 Å². The first-order valence-electron chi connectivity index (χ1n) is 8.92. The highest BCUT2D eigenvalue weighted by Gasteiger charge is 2.46. The van der Waals surface area contributed by atoms with Crippen LogP contribution in [0.15, 0.2) is 0 Å². The van der Waals surface area contributed by atoms with Gasteiger partial charge in [0.2, 0.25) is 5.91 Å². The van der Waals surface area contributed by atoms with Crippen molar-refractivity contribution in [1.82, 2.24) is 15.1 Å². The molecule has 1 N–H and O–H groups in total. The first-order valence-corrected chi connectivity index (χ1v) is 8.92. The van der Waals surface area contributed by atoms with Crippen LogP contribution in [-0.2, 0) is 4.79 Å². The average Bonchev–Trinajstić information content (AvgIpc) is 2.42. The van der Waals surface area contributed by atoms with Gasteiger partial charge in [-0.25, -0.2) is 0 Å². The van der Waals surface area contributed by atoms with Crippen molar-refractivity contribution in [2.75, 3.05) is 32.7 Å². The molecule has 7 heteroatoms. The number of nitrogens with one attached hydrogen (secondary N) is 1. The number of piperazine rings is 1. The second-order valence-electron chi connectivity index (χ2n) is 7.44. The maximum Gasteiger partial charge on any atom is 0.405 e. The second kappa shape index (κ2) is 9.61. The molecule has 1 unspecified atom stereocenters. The molecular formula is C17H32F3N3O. The van der Waals surface area contributed by atoms with E-state index in [-0.39, 0.29) is 25.0 Å². The van der Waals surface area contributed by atoms with E-state index >= 15 is 0 Å². The first-order chi connectivity index (χ1) is 11.1. The van der Waals surface area contributed by atoms with Crippen LogP contribution in [0.5, 0.6) is 0 Å². The summed E-state index contributed by atoms with van der Waals surface area (Å²) in [7, 11) is 0. The van der Waals surface area contributed by atoms with Crippen LogP contribution in [0.4, 0.5) is 13.2 Å². The van der Waals surface area contributed by atoms with Gasteiger partial charge in [0.15, 0.2) is 0 Å². The Balaban J connectivity index is 2.53. The van der Waals surface area contributed by atoms with E-state index in [2.05, 4.69) is 19.2 Å². The number of halogens is 3. The van der Waals surface area contributed by atoms with Crippen molar-refractivity contribution in [2.24, 2.45) is 5.92 Å². The van der Waals surface area contributed by atoms with E-state index in [1.165, 1.54) is 4.90 Å². The van der Waals surface area contributed by atoms with Crippen LogP contribution in [0.3, 0.4) is 0 Å². The van der Waals surface area contributed by atoms with E-state index < -0.39 is 12.2 Å². The molecule has 1 atom stereocenters. The molecule has 142 valence electrons. The van der Waals surface area contributed by atoms with E-state index in [0.717, 1.165) is 19.3 Å². The molecule has 0 aliphatic carbocycles. The lowest BCUT2D eigenvalue weighted by Crippen LogP contribution is -2.60. The van der Waals surface area contributed by atoms with Crippen molar-refractivity contribution in [2.45, 2.75) is 65.2 Å². The first kappa shape index (κ1) is 21.2. The summed E-state index contributed by atoms with van der Waals surface area (Å²) in [4.78, 5) is 14.9. The predicted molar refractivity (Wildman–Crippen MR) is 89.8 cm³/mol. The molecule has 0 aromatic carbocycles. The van der Waals surface area contributed by atoms with Crippen LogP contribution in [-0.4, -0.2) is 66.7 Å². The predicted octanol–water partition coefficient (Wildman–Crippen LogP) is 2.89. The molecule has 24 heavy (non-hydrogen) atoms. The summed E-state index contributed by atoms with van der Waals surface area (Å²) in [5, 5.41) is 2.73. The lowest BCUT2D eigenvalue weighted by atomic mass is 10.1. The van der Waals surface area contributed by atoms with E-state index in [1.54, 1.807) is 4.90 Å². The fourth-order valence-corrected chi connectivity index (χ4v) is 3.04. The highest BCUT2D eigenvalue weighted by Crippen LogP contribution is 2.28.